The topological polar surface area (TPSA) is 82.9 Å². The van der Waals surface area contributed by atoms with Crippen LogP contribution in [0.15, 0.2) is 65.2 Å². The molecule has 9 heteroatoms. The normalized spacial score (nSPS) is 10.9. The Balaban J connectivity index is 1.36. The maximum atomic E-state index is 12.2. The van der Waals surface area contributed by atoms with Crippen molar-refractivity contribution in [3.63, 3.8) is 0 Å². The van der Waals surface area contributed by atoms with Crippen molar-refractivity contribution >= 4 is 23.6 Å². The van der Waals surface area contributed by atoms with Gasteiger partial charge in [0.15, 0.2) is 0 Å². The van der Waals surface area contributed by atoms with Crippen LogP contribution in [-0.2, 0) is 18.8 Å². The molecule has 0 unspecified atom stereocenters. The molecule has 2 aromatic heterocycles. The number of hydrogen-bond acceptors (Lipinski definition) is 7. The van der Waals surface area contributed by atoms with E-state index in [0.717, 1.165) is 46.7 Å². The number of nitrogens with one attached hydrogen (secondary N) is 2. The van der Waals surface area contributed by atoms with Gasteiger partial charge in [0.2, 0.25) is 0 Å². The van der Waals surface area contributed by atoms with Gasteiger partial charge in [-0.25, -0.2) is 9.78 Å². The standard InChI is InChI=1S/C26H35N5O3S/c1-30(2)19-23-11-12-24(34-23)20-35-17-15-29-26(32)28-14-16-31(25-6-4-5-13-27-25)18-21-7-9-22(33-3)10-8-21/h4-13H,14-20H2,1-3H3,(H2,28,29,32). The summed E-state index contributed by atoms with van der Waals surface area (Å²) in [5, 5.41) is 5.87. The first-order chi connectivity index (χ1) is 17.0. The summed E-state index contributed by atoms with van der Waals surface area (Å²) in [5.74, 6) is 5.23. The molecule has 0 radical (unpaired) electrons. The van der Waals surface area contributed by atoms with Gasteiger partial charge in [0.1, 0.15) is 23.1 Å². The number of furan rings is 1. The molecule has 35 heavy (non-hydrogen) atoms. The van der Waals surface area contributed by atoms with Crippen LogP contribution in [0.5, 0.6) is 5.75 Å². The van der Waals surface area contributed by atoms with Crippen LogP contribution in [0.2, 0.25) is 0 Å². The summed E-state index contributed by atoms with van der Waals surface area (Å²) >= 11 is 1.74. The second-order valence-electron chi connectivity index (χ2n) is 8.30. The summed E-state index contributed by atoms with van der Waals surface area (Å²) in [7, 11) is 5.70. The molecule has 2 heterocycles. The Bertz CT molecular complexity index is 1010. The minimum Gasteiger partial charge on any atom is -0.497 e. The second kappa shape index (κ2) is 14.3. The number of aromatic nitrogens is 1. The van der Waals surface area contributed by atoms with Gasteiger partial charge in [-0.3, -0.25) is 0 Å². The van der Waals surface area contributed by atoms with Crippen LogP contribution < -0.4 is 20.3 Å². The molecule has 1 aromatic carbocycles. The van der Waals surface area contributed by atoms with E-state index in [4.69, 9.17) is 9.15 Å². The molecule has 0 aliphatic rings. The summed E-state index contributed by atoms with van der Waals surface area (Å²) in [4.78, 5) is 20.9. The first-order valence-electron chi connectivity index (χ1n) is 11.6. The molecule has 0 bridgehead atoms. The molecule has 0 saturated heterocycles. The van der Waals surface area contributed by atoms with Gasteiger partial charge in [-0.2, -0.15) is 11.8 Å². The van der Waals surface area contributed by atoms with Gasteiger partial charge < -0.3 is 29.6 Å². The highest BCUT2D eigenvalue weighted by Gasteiger charge is 2.10. The molecule has 0 fully saturated rings. The van der Waals surface area contributed by atoms with Gasteiger partial charge in [0.25, 0.3) is 0 Å². The van der Waals surface area contributed by atoms with E-state index in [0.29, 0.717) is 26.2 Å². The van der Waals surface area contributed by atoms with E-state index in [1.807, 2.05) is 68.7 Å². The van der Waals surface area contributed by atoms with Crippen LogP contribution in [0.4, 0.5) is 10.6 Å². The van der Waals surface area contributed by atoms with E-state index in [9.17, 15) is 4.79 Å². The van der Waals surface area contributed by atoms with Crippen LogP contribution in [0.25, 0.3) is 0 Å². The number of carbonyl (C=O) groups is 1. The molecule has 8 nitrogen and oxygen atoms in total. The predicted molar refractivity (Wildman–Crippen MR) is 142 cm³/mol. The number of rotatable bonds is 14. The summed E-state index contributed by atoms with van der Waals surface area (Å²) in [6.45, 7) is 3.22. The Morgan fingerprint density at radius 3 is 2.49 bits per heavy atom. The largest absolute Gasteiger partial charge is 0.497 e. The van der Waals surface area contributed by atoms with Crippen molar-refractivity contribution in [2.45, 2.75) is 18.8 Å². The smallest absolute Gasteiger partial charge is 0.314 e. The van der Waals surface area contributed by atoms with Crippen molar-refractivity contribution < 1.29 is 13.9 Å². The summed E-state index contributed by atoms with van der Waals surface area (Å²) in [6, 6.07) is 17.7. The zero-order valence-corrected chi connectivity index (χ0v) is 21.5. The lowest BCUT2D eigenvalue weighted by molar-refractivity contribution is 0.241. The number of anilines is 1. The van der Waals surface area contributed by atoms with Crippen LogP contribution in [-0.4, -0.2) is 62.5 Å². The predicted octanol–water partition coefficient (Wildman–Crippen LogP) is 3.98. The Labute approximate surface area is 212 Å². The molecule has 188 valence electrons. The van der Waals surface area contributed by atoms with Crippen LogP contribution in [0.1, 0.15) is 17.1 Å². The average molecular weight is 498 g/mol. The van der Waals surface area contributed by atoms with E-state index >= 15 is 0 Å². The molecular weight excluding hydrogens is 462 g/mol. The van der Waals surface area contributed by atoms with Gasteiger partial charge in [-0.1, -0.05) is 18.2 Å². The molecule has 3 aromatic rings. The quantitative estimate of drug-likeness (QED) is 0.326. The highest BCUT2D eigenvalue weighted by Crippen LogP contribution is 2.17. The number of pyridine rings is 1. The Kier molecular flexibility index (Phi) is 10.8. The number of amides is 2. The lowest BCUT2D eigenvalue weighted by atomic mass is 10.2. The highest BCUT2D eigenvalue weighted by atomic mass is 32.2. The Morgan fingerprint density at radius 1 is 1.00 bits per heavy atom. The molecule has 0 spiro atoms. The summed E-state index contributed by atoms with van der Waals surface area (Å²) < 4.78 is 11.1. The van der Waals surface area contributed by atoms with Crippen molar-refractivity contribution in [1.82, 2.24) is 20.5 Å². The van der Waals surface area contributed by atoms with Crippen molar-refractivity contribution in [2.24, 2.45) is 0 Å². The molecule has 3 rings (SSSR count). The third-order valence-electron chi connectivity index (χ3n) is 5.14. The minimum absolute atomic E-state index is 0.165. The van der Waals surface area contributed by atoms with Gasteiger partial charge in [-0.05, 0) is 56.1 Å². The van der Waals surface area contributed by atoms with Gasteiger partial charge in [0, 0.05) is 38.1 Å². The van der Waals surface area contributed by atoms with Gasteiger partial charge in [0.05, 0.1) is 19.4 Å². The maximum Gasteiger partial charge on any atom is 0.314 e. The zero-order chi connectivity index (χ0) is 24.9. The summed E-state index contributed by atoms with van der Waals surface area (Å²) in [5.41, 5.74) is 1.14. The van der Waals surface area contributed by atoms with Gasteiger partial charge in [-0.15, -0.1) is 0 Å². The summed E-state index contributed by atoms with van der Waals surface area (Å²) in [6.07, 6.45) is 1.78. The third-order valence-corrected chi connectivity index (χ3v) is 6.12. The number of ether oxygens (including phenoxy) is 1. The monoisotopic (exact) mass is 497 g/mol. The number of thioether (sulfide) groups is 1. The van der Waals surface area contributed by atoms with Gasteiger partial charge >= 0.3 is 6.03 Å². The Morgan fingerprint density at radius 2 is 1.77 bits per heavy atom. The molecular formula is C26H35N5O3S. The van der Waals surface area contributed by atoms with Crippen molar-refractivity contribution in [2.75, 3.05) is 51.5 Å². The zero-order valence-electron chi connectivity index (χ0n) is 20.7. The van der Waals surface area contributed by atoms with Crippen molar-refractivity contribution in [3.05, 3.63) is 77.9 Å². The average Bonchev–Trinajstić information content (AvgIpc) is 3.30. The fourth-order valence-corrected chi connectivity index (χ4v) is 4.19. The van der Waals surface area contributed by atoms with Crippen molar-refractivity contribution in [3.8, 4) is 5.75 Å². The maximum absolute atomic E-state index is 12.2. The van der Waals surface area contributed by atoms with Crippen LogP contribution in [0.3, 0.4) is 0 Å². The molecule has 0 atom stereocenters. The molecule has 2 N–H and O–H groups in total. The lowest BCUT2D eigenvalue weighted by Gasteiger charge is -2.24. The number of methoxy groups -OCH3 is 1. The molecule has 2 amide bonds. The molecule has 0 aliphatic carbocycles. The molecule has 0 saturated carbocycles. The van der Waals surface area contributed by atoms with E-state index in [1.165, 1.54) is 0 Å². The third kappa shape index (κ3) is 9.54. The number of carbonyl (C=O) groups excluding carboxylic acids is 1. The first kappa shape index (κ1) is 26.4. The fourth-order valence-electron chi connectivity index (χ4n) is 3.44. The second-order valence-corrected chi connectivity index (χ2v) is 9.40. The van der Waals surface area contributed by atoms with E-state index in [1.54, 1.807) is 25.1 Å². The minimum atomic E-state index is -0.165. The first-order valence-corrected chi connectivity index (χ1v) is 12.8. The SMILES string of the molecule is COc1ccc(CN(CCNC(=O)NCCSCc2ccc(CN(C)C)o2)c2ccccn2)cc1. The Hall–Kier alpha value is -3.17. The number of urea groups is 1. The highest BCUT2D eigenvalue weighted by molar-refractivity contribution is 7.98. The molecule has 0 aliphatic heterocycles. The van der Waals surface area contributed by atoms with Crippen molar-refractivity contribution in [1.29, 1.82) is 0 Å². The lowest BCUT2D eigenvalue weighted by Crippen LogP contribution is -2.41. The number of nitrogens with zero attached hydrogens (tertiary/aromatic N) is 3. The number of hydrogen-bond donors (Lipinski definition) is 2. The number of benzene rings is 1. The fraction of sp³-hybridized carbons (Fsp3) is 0.385. The van der Waals surface area contributed by atoms with Crippen LogP contribution >= 0.6 is 11.8 Å². The van der Waals surface area contributed by atoms with Crippen LogP contribution in [0, 0.1) is 0 Å². The van der Waals surface area contributed by atoms with E-state index < -0.39 is 0 Å². The van der Waals surface area contributed by atoms with E-state index in [2.05, 4.69) is 25.4 Å². The van der Waals surface area contributed by atoms with E-state index in [-0.39, 0.29) is 6.03 Å².